The Morgan fingerprint density at radius 1 is 1.16 bits per heavy atom. The zero-order valence-electron chi connectivity index (χ0n) is 17.6. The Labute approximate surface area is 193 Å². The number of methoxy groups -OCH3 is 3. The Morgan fingerprint density at radius 3 is 2.56 bits per heavy atom. The average Bonchev–Trinajstić information content (AvgIpc) is 3.08. The molecule has 1 aliphatic heterocycles. The van der Waals surface area contributed by atoms with Gasteiger partial charge in [-0.2, -0.15) is 0 Å². The topological polar surface area (TPSA) is 77.4 Å². The van der Waals surface area contributed by atoms with Gasteiger partial charge in [0.25, 0.3) is 5.91 Å². The standard InChI is InChI=1S/C22H20ClFN2O5S/c1-29-17-7-4-13(10-18(17)30-2)8-9-26-21(28)19(12-20(27)31-3)32-22(26)25-14-5-6-16(24)15(23)11-14/h4-7,10-12H,8-9H2,1-3H3/b19-12+,25-22?. The van der Waals surface area contributed by atoms with Crippen LogP contribution in [-0.2, 0) is 20.7 Å². The predicted molar refractivity (Wildman–Crippen MR) is 121 cm³/mol. The molecular formula is C22H20ClFN2O5S. The van der Waals surface area contributed by atoms with E-state index in [1.807, 2.05) is 12.1 Å². The van der Waals surface area contributed by atoms with Crippen molar-refractivity contribution in [3.05, 3.63) is 63.8 Å². The van der Waals surface area contributed by atoms with E-state index in [1.54, 1.807) is 20.3 Å². The molecule has 2 aromatic carbocycles. The third kappa shape index (κ3) is 5.41. The second-order valence-corrected chi connectivity index (χ2v) is 7.94. The number of amidine groups is 1. The lowest BCUT2D eigenvalue weighted by atomic mass is 10.1. The van der Waals surface area contributed by atoms with Crippen LogP contribution in [0.15, 0.2) is 52.4 Å². The summed E-state index contributed by atoms with van der Waals surface area (Å²) in [7, 11) is 4.33. The average molecular weight is 479 g/mol. The first-order chi connectivity index (χ1) is 15.4. The molecule has 0 aliphatic carbocycles. The number of amides is 1. The number of hydrogen-bond acceptors (Lipinski definition) is 7. The number of benzene rings is 2. The summed E-state index contributed by atoms with van der Waals surface area (Å²) in [5.41, 5.74) is 1.29. The number of aliphatic imine (C=N–C) groups is 1. The monoisotopic (exact) mass is 478 g/mol. The van der Waals surface area contributed by atoms with Gasteiger partial charge in [0.1, 0.15) is 5.82 Å². The molecular weight excluding hydrogens is 459 g/mol. The fraction of sp³-hybridized carbons (Fsp3) is 0.227. The number of hydrogen-bond donors (Lipinski definition) is 0. The first-order valence-corrected chi connectivity index (χ1v) is 10.6. The number of esters is 1. The zero-order chi connectivity index (χ0) is 23.3. The Hall–Kier alpha value is -3.04. The van der Waals surface area contributed by atoms with Crippen LogP contribution < -0.4 is 9.47 Å². The summed E-state index contributed by atoms with van der Waals surface area (Å²) in [6.07, 6.45) is 1.61. The summed E-state index contributed by atoms with van der Waals surface area (Å²) in [6.45, 7) is 0.285. The Kier molecular flexibility index (Phi) is 7.76. The molecule has 1 saturated heterocycles. The molecule has 0 radical (unpaired) electrons. The molecule has 1 aliphatic rings. The molecule has 0 N–H and O–H groups in total. The molecule has 10 heteroatoms. The maximum atomic E-state index is 13.5. The van der Waals surface area contributed by atoms with Crippen molar-refractivity contribution in [1.82, 2.24) is 4.90 Å². The molecule has 1 fully saturated rings. The van der Waals surface area contributed by atoms with Gasteiger partial charge in [0, 0.05) is 12.6 Å². The molecule has 0 spiro atoms. The van der Waals surface area contributed by atoms with Gasteiger partial charge in [0.2, 0.25) is 0 Å². The molecule has 1 heterocycles. The highest BCUT2D eigenvalue weighted by atomic mass is 35.5. The van der Waals surface area contributed by atoms with Gasteiger partial charge in [-0.05, 0) is 54.1 Å². The minimum absolute atomic E-state index is 0.0802. The van der Waals surface area contributed by atoms with Crippen molar-refractivity contribution in [3.8, 4) is 11.5 Å². The molecule has 0 aromatic heterocycles. The van der Waals surface area contributed by atoms with E-state index in [9.17, 15) is 14.0 Å². The van der Waals surface area contributed by atoms with Gasteiger partial charge < -0.3 is 14.2 Å². The van der Waals surface area contributed by atoms with E-state index < -0.39 is 11.8 Å². The summed E-state index contributed by atoms with van der Waals surface area (Å²) in [5.74, 6) is -0.419. The zero-order valence-corrected chi connectivity index (χ0v) is 19.1. The van der Waals surface area contributed by atoms with Crippen LogP contribution >= 0.6 is 23.4 Å². The largest absolute Gasteiger partial charge is 0.493 e. The SMILES string of the molecule is COC(=O)/C=C1/SC(=Nc2ccc(F)c(Cl)c2)N(CCc2ccc(OC)c(OC)c2)C1=O. The fourth-order valence-electron chi connectivity index (χ4n) is 2.90. The van der Waals surface area contributed by atoms with Crippen molar-refractivity contribution in [1.29, 1.82) is 0 Å². The van der Waals surface area contributed by atoms with Crippen LogP contribution in [0.25, 0.3) is 0 Å². The van der Waals surface area contributed by atoms with Gasteiger partial charge in [0.05, 0.1) is 36.9 Å². The number of halogens is 2. The van der Waals surface area contributed by atoms with E-state index in [1.165, 1.54) is 30.2 Å². The quantitative estimate of drug-likeness (QED) is 0.434. The third-order valence-electron chi connectivity index (χ3n) is 4.54. The van der Waals surface area contributed by atoms with Gasteiger partial charge >= 0.3 is 5.97 Å². The molecule has 7 nitrogen and oxygen atoms in total. The third-order valence-corrected chi connectivity index (χ3v) is 5.83. The minimum atomic E-state index is -0.647. The van der Waals surface area contributed by atoms with Gasteiger partial charge in [-0.1, -0.05) is 17.7 Å². The maximum Gasteiger partial charge on any atom is 0.331 e. The molecule has 2 aromatic rings. The van der Waals surface area contributed by atoms with Crippen molar-refractivity contribution in [2.45, 2.75) is 6.42 Å². The van der Waals surface area contributed by atoms with Gasteiger partial charge in [-0.25, -0.2) is 14.2 Å². The van der Waals surface area contributed by atoms with E-state index >= 15 is 0 Å². The molecule has 3 rings (SSSR count). The summed E-state index contributed by atoms with van der Waals surface area (Å²) < 4.78 is 28.7. The van der Waals surface area contributed by atoms with Crippen molar-refractivity contribution < 1.29 is 28.2 Å². The lowest BCUT2D eigenvalue weighted by molar-refractivity contribution is -0.135. The highest BCUT2D eigenvalue weighted by molar-refractivity contribution is 8.18. The second kappa shape index (κ2) is 10.5. The molecule has 32 heavy (non-hydrogen) atoms. The number of ether oxygens (including phenoxy) is 3. The molecule has 0 bridgehead atoms. The second-order valence-electron chi connectivity index (χ2n) is 6.52. The van der Waals surface area contributed by atoms with E-state index in [0.29, 0.717) is 28.8 Å². The molecule has 0 unspecified atom stereocenters. The van der Waals surface area contributed by atoms with Crippen LogP contribution in [0.2, 0.25) is 5.02 Å². The first kappa shape index (κ1) is 23.6. The van der Waals surface area contributed by atoms with Crippen LogP contribution in [0.5, 0.6) is 11.5 Å². The van der Waals surface area contributed by atoms with Crippen molar-refractivity contribution >= 4 is 46.1 Å². The summed E-state index contributed by atoms with van der Waals surface area (Å²) >= 11 is 6.88. The van der Waals surface area contributed by atoms with Gasteiger partial charge in [-0.3, -0.25) is 9.69 Å². The summed E-state index contributed by atoms with van der Waals surface area (Å²) in [5, 5.41) is 0.261. The van der Waals surface area contributed by atoms with E-state index in [-0.39, 0.29) is 22.4 Å². The molecule has 168 valence electrons. The van der Waals surface area contributed by atoms with E-state index in [4.69, 9.17) is 21.1 Å². The summed E-state index contributed by atoms with van der Waals surface area (Å²) in [4.78, 5) is 30.7. The predicted octanol–water partition coefficient (Wildman–Crippen LogP) is 4.36. The van der Waals surface area contributed by atoms with Crippen LogP contribution in [0, 0.1) is 5.82 Å². The number of nitrogens with zero attached hydrogens (tertiary/aromatic N) is 2. The van der Waals surface area contributed by atoms with E-state index in [0.717, 1.165) is 23.4 Å². The lowest BCUT2D eigenvalue weighted by Gasteiger charge is -2.16. The first-order valence-electron chi connectivity index (χ1n) is 9.40. The minimum Gasteiger partial charge on any atom is -0.493 e. The number of rotatable bonds is 7. The Morgan fingerprint density at radius 2 is 1.91 bits per heavy atom. The Bertz CT molecular complexity index is 1110. The highest BCUT2D eigenvalue weighted by Gasteiger charge is 2.34. The normalized spacial score (nSPS) is 16.0. The van der Waals surface area contributed by atoms with Crippen LogP contribution in [-0.4, -0.2) is 49.8 Å². The smallest absolute Gasteiger partial charge is 0.331 e. The number of carbonyl (C=O) groups excluding carboxylic acids is 2. The highest BCUT2D eigenvalue weighted by Crippen LogP contribution is 2.34. The lowest BCUT2D eigenvalue weighted by Crippen LogP contribution is -2.31. The van der Waals surface area contributed by atoms with Crippen molar-refractivity contribution in [2.24, 2.45) is 4.99 Å². The molecule has 0 atom stereocenters. The Balaban J connectivity index is 1.89. The number of carbonyl (C=O) groups is 2. The van der Waals surface area contributed by atoms with E-state index in [2.05, 4.69) is 9.73 Å². The number of thioether (sulfide) groups is 1. The van der Waals surface area contributed by atoms with Crippen molar-refractivity contribution in [2.75, 3.05) is 27.9 Å². The molecule has 0 saturated carbocycles. The fourth-order valence-corrected chi connectivity index (χ4v) is 4.06. The van der Waals surface area contributed by atoms with Crippen molar-refractivity contribution in [3.63, 3.8) is 0 Å². The summed E-state index contributed by atoms with van der Waals surface area (Å²) in [6, 6.07) is 9.50. The van der Waals surface area contributed by atoms with Crippen LogP contribution in [0.4, 0.5) is 10.1 Å². The van der Waals surface area contributed by atoms with Crippen LogP contribution in [0.1, 0.15) is 5.56 Å². The maximum absolute atomic E-state index is 13.5. The van der Waals surface area contributed by atoms with Gasteiger partial charge in [0.15, 0.2) is 16.7 Å². The van der Waals surface area contributed by atoms with Crippen LogP contribution in [0.3, 0.4) is 0 Å². The molecule has 1 amide bonds. The van der Waals surface area contributed by atoms with Gasteiger partial charge in [-0.15, -0.1) is 0 Å².